The van der Waals surface area contributed by atoms with Crippen molar-refractivity contribution in [1.82, 2.24) is 0 Å². The number of benzene rings is 10. The minimum atomic E-state index is -0.448. The molecule has 2 heteroatoms. The molecule has 0 fully saturated rings. The number of furan rings is 1. The quantitative estimate of drug-likeness (QED) is 0.173. The molecule has 10 aromatic carbocycles. The lowest BCUT2D eigenvalue weighted by molar-refractivity contribution is 0.670. The predicted molar refractivity (Wildman–Crippen MR) is 253 cm³/mol. The van der Waals surface area contributed by atoms with Crippen LogP contribution in [0.25, 0.3) is 77.2 Å². The van der Waals surface area contributed by atoms with Crippen molar-refractivity contribution in [3.05, 3.63) is 247 Å². The molecule has 2 nitrogen and oxygen atoms in total. The Morgan fingerprint density at radius 1 is 0.328 bits per heavy atom. The standard InChI is InChI=1S/C59H37NO/c1-3-15-38(16-4-1)39-27-29-42(30-28-39)60(44-32-34-50-51-35-41-19-7-8-20-45(41)57(40-17-5-2-6-18-40)58(51)61-56(50)37-44)43-31-33-49-48-23-11-14-26-54(48)59(55(49)36-43)52-24-12-9-21-46(52)47-22-10-13-25-53(47)59/h1-37H. The van der Waals surface area contributed by atoms with Crippen molar-refractivity contribution in [2.75, 3.05) is 4.90 Å². The van der Waals surface area contributed by atoms with E-state index in [9.17, 15) is 0 Å². The van der Waals surface area contributed by atoms with Crippen LogP contribution in [-0.4, -0.2) is 0 Å². The maximum Gasteiger partial charge on any atom is 0.143 e. The molecular formula is C59H37NO. The summed E-state index contributed by atoms with van der Waals surface area (Å²) in [4.78, 5) is 2.40. The number of fused-ring (bicyclic) bond motifs is 14. The Balaban J connectivity index is 1.05. The van der Waals surface area contributed by atoms with Gasteiger partial charge >= 0.3 is 0 Å². The van der Waals surface area contributed by atoms with E-state index in [-0.39, 0.29) is 0 Å². The number of hydrogen-bond acceptors (Lipinski definition) is 2. The normalized spacial score (nSPS) is 13.0. The molecule has 0 amide bonds. The molecule has 0 saturated heterocycles. The maximum absolute atomic E-state index is 7.03. The first-order chi connectivity index (χ1) is 30.3. The van der Waals surface area contributed by atoms with Gasteiger partial charge in [-0.25, -0.2) is 0 Å². The van der Waals surface area contributed by atoms with Gasteiger partial charge in [0.05, 0.1) is 5.41 Å². The largest absolute Gasteiger partial charge is 0.455 e. The third kappa shape index (κ3) is 4.85. The molecule has 1 heterocycles. The van der Waals surface area contributed by atoms with E-state index in [2.05, 4.69) is 229 Å². The fourth-order valence-electron chi connectivity index (χ4n) is 10.7. The zero-order valence-corrected chi connectivity index (χ0v) is 33.2. The van der Waals surface area contributed by atoms with Gasteiger partial charge in [-0.05, 0) is 114 Å². The summed E-state index contributed by atoms with van der Waals surface area (Å²) in [5.41, 5.74) is 19.6. The molecule has 1 aromatic heterocycles. The lowest BCUT2D eigenvalue weighted by Crippen LogP contribution is -2.26. The van der Waals surface area contributed by atoms with E-state index >= 15 is 0 Å². The van der Waals surface area contributed by atoms with Gasteiger partial charge in [0.25, 0.3) is 0 Å². The van der Waals surface area contributed by atoms with Gasteiger partial charge in [-0.15, -0.1) is 0 Å². The molecule has 2 aliphatic rings. The van der Waals surface area contributed by atoms with Crippen LogP contribution in [0, 0.1) is 0 Å². The third-order valence-electron chi connectivity index (χ3n) is 13.3. The molecule has 0 N–H and O–H groups in total. The van der Waals surface area contributed by atoms with Crippen LogP contribution in [0.15, 0.2) is 229 Å². The second kappa shape index (κ2) is 13.0. The van der Waals surface area contributed by atoms with Gasteiger partial charge in [0.15, 0.2) is 0 Å². The van der Waals surface area contributed by atoms with Gasteiger partial charge in [0.2, 0.25) is 0 Å². The molecule has 284 valence electrons. The Bertz CT molecular complexity index is 3460. The highest BCUT2D eigenvalue weighted by Crippen LogP contribution is 2.63. The molecule has 0 radical (unpaired) electrons. The van der Waals surface area contributed by atoms with Crippen LogP contribution in [0.4, 0.5) is 17.1 Å². The lowest BCUT2D eigenvalue weighted by atomic mass is 9.70. The van der Waals surface area contributed by atoms with Crippen LogP contribution in [-0.2, 0) is 5.41 Å². The Kier molecular flexibility index (Phi) is 7.26. The van der Waals surface area contributed by atoms with Crippen molar-refractivity contribution in [3.63, 3.8) is 0 Å². The fourth-order valence-corrected chi connectivity index (χ4v) is 10.7. The van der Waals surface area contributed by atoms with E-state index in [4.69, 9.17) is 4.42 Å². The number of anilines is 3. The minimum absolute atomic E-state index is 0.448. The van der Waals surface area contributed by atoms with E-state index < -0.39 is 5.41 Å². The summed E-state index contributed by atoms with van der Waals surface area (Å²) in [5.74, 6) is 0. The van der Waals surface area contributed by atoms with Crippen LogP contribution in [0.1, 0.15) is 22.3 Å². The molecule has 2 aliphatic carbocycles. The smallest absolute Gasteiger partial charge is 0.143 e. The molecule has 0 aliphatic heterocycles. The Hall–Kier alpha value is -7.94. The van der Waals surface area contributed by atoms with Crippen molar-refractivity contribution in [3.8, 4) is 44.5 Å². The van der Waals surface area contributed by atoms with Gasteiger partial charge in [0.1, 0.15) is 11.2 Å². The van der Waals surface area contributed by atoms with Gasteiger partial charge in [0, 0.05) is 39.5 Å². The maximum atomic E-state index is 7.03. The summed E-state index contributed by atoms with van der Waals surface area (Å²) < 4.78 is 7.03. The van der Waals surface area contributed by atoms with E-state index in [0.29, 0.717) is 0 Å². The van der Waals surface area contributed by atoms with Crippen LogP contribution in [0.5, 0.6) is 0 Å². The topological polar surface area (TPSA) is 16.4 Å². The van der Waals surface area contributed by atoms with E-state index in [1.54, 1.807) is 0 Å². The Morgan fingerprint density at radius 2 is 0.836 bits per heavy atom. The van der Waals surface area contributed by atoms with Gasteiger partial charge < -0.3 is 9.32 Å². The average Bonchev–Trinajstić information content (AvgIpc) is 3.95. The Morgan fingerprint density at radius 3 is 1.51 bits per heavy atom. The van der Waals surface area contributed by atoms with Crippen molar-refractivity contribution in [2.24, 2.45) is 0 Å². The fraction of sp³-hybridized carbons (Fsp3) is 0.0169. The van der Waals surface area contributed by atoms with Gasteiger partial charge in [-0.2, -0.15) is 0 Å². The van der Waals surface area contributed by atoms with Crippen LogP contribution >= 0.6 is 0 Å². The van der Waals surface area contributed by atoms with Crippen LogP contribution in [0.2, 0.25) is 0 Å². The SMILES string of the molecule is c1ccc(-c2ccc(N(c3ccc4c(c3)C3(c5ccccc5-c5ccccc53)c3ccccc3-4)c3ccc4c(c3)oc3c(-c5ccccc5)c5ccccc5cc34)cc2)cc1. The predicted octanol–water partition coefficient (Wildman–Crippen LogP) is 15.9. The van der Waals surface area contributed by atoms with Crippen molar-refractivity contribution < 1.29 is 4.42 Å². The second-order valence-corrected chi connectivity index (χ2v) is 16.4. The molecule has 1 spiro atoms. The van der Waals surface area contributed by atoms with Crippen molar-refractivity contribution in [1.29, 1.82) is 0 Å². The summed E-state index contributed by atoms with van der Waals surface area (Å²) in [7, 11) is 0. The van der Waals surface area contributed by atoms with Crippen molar-refractivity contribution in [2.45, 2.75) is 5.41 Å². The summed E-state index contributed by atoms with van der Waals surface area (Å²) in [6.07, 6.45) is 0. The zero-order chi connectivity index (χ0) is 40.1. The molecular weight excluding hydrogens is 739 g/mol. The lowest BCUT2D eigenvalue weighted by Gasteiger charge is -2.32. The number of hydrogen-bond donors (Lipinski definition) is 0. The van der Waals surface area contributed by atoms with Crippen molar-refractivity contribution >= 4 is 49.8 Å². The Labute approximate surface area is 354 Å². The average molecular weight is 776 g/mol. The highest BCUT2D eigenvalue weighted by molar-refractivity contribution is 6.18. The van der Waals surface area contributed by atoms with E-state index in [0.717, 1.165) is 50.1 Å². The van der Waals surface area contributed by atoms with Crippen LogP contribution in [0.3, 0.4) is 0 Å². The number of rotatable bonds is 5. The third-order valence-corrected chi connectivity index (χ3v) is 13.3. The molecule has 13 rings (SSSR count). The molecule has 61 heavy (non-hydrogen) atoms. The van der Waals surface area contributed by atoms with Crippen LogP contribution < -0.4 is 4.90 Å². The summed E-state index contributed by atoms with van der Waals surface area (Å²) >= 11 is 0. The monoisotopic (exact) mass is 775 g/mol. The number of nitrogens with zero attached hydrogens (tertiary/aromatic N) is 1. The first kappa shape index (κ1) is 34.0. The van der Waals surface area contributed by atoms with E-state index in [1.807, 2.05) is 0 Å². The first-order valence-corrected chi connectivity index (χ1v) is 21.1. The minimum Gasteiger partial charge on any atom is -0.455 e. The van der Waals surface area contributed by atoms with E-state index in [1.165, 1.54) is 66.4 Å². The summed E-state index contributed by atoms with van der Waals surface area (Å²) in [6.45, 7) is 0. The zero-order valence-electron chi connectivity index (χ0n) is 33.2. The molecule has 0 saturated carbocycles. The summed E-state index contributed by atoms with van der Waals surface area (Å²) in [6, 6.07) is 82.1. The molecule has 0 bridgehead atoms. The summed E-state index contributed by atoms with van der Waals surface area (Å²) in [5, 5.41) is 4.60. The molecule has 0 unspecified atom stereocenters. The highest BCUT2D eigenvalue weighted by Gasteiger charge is 2.51. The first-order valence-electron chi connectivity index (χ1n) is 21.1. The molecule has 0 atom stereocenters. The van der Waals surface area contributed by atoms with Gasteiger partial charge in [-0.3, -0.25) is 0 Å². The second-order valence-electron chi connectivity index (χ2n) is 16.4. The van der Waals surface area contributed by atoms with Gasteiger partial charge in [-0.1, -0.05) is 176 Å². The molecule has 11 aromatic rings. The highest BCUT2D eigenvalue weighted by atomic mass is 16.3.